The Morgan fingerprint density at radius 3 is 2.21 bits per heavy atom. The Balaban J connectivity index is 1.28. The van der Waals surface area contributed by atoms with Crippen molar-refractivity contribution >= 4 is 29.1 Å². The average molecular weight is 385 g/mol. The van der Waals surface area contributed by atoms with Gasteiger partial charge in [-0.25, -0.2) is 0 Å². The second kappa shape index (κ2) is 8.31. The summed E-state index contributed by atoms with van der Waals surface area (Å²) < 4.78 is 5.36. The Morgan fingerprint density at radius 2 is 1.61 bits per heavy atom. The average Bonchev–Trinajstić information content (AvgIpc) is 2.98. The zero-order valence-corrected chi connectivity index (χ0v) is 16.1. The lowest BCUT2D eigenvalue weighted by Crippen LogP contribution is -2.36. The zero-order chi connectivity index (χ0) is 19.5. The lowest BCUT2D eigenvalue weighted by atomic mass is 9.81. The van der Waals surface area contributed by atoms with Crippen molar-refractivity contribution < 1.29 is 19.1 Å². The highest BCUT2D eigenvalue weighted by atomic mass is 16.5. The van der Waals surface area contributed by atoms with Crippen LogP contribution in [0.5, 0.6) is 0 Å². The molecular weight excluding hydrogens is 358 g/mol. The molecule has 0 radical (unpaired) electrons. The van der Waals surface area contributed by atoms with Crippen molar-refractivity contribution in [1.82, 2.24) is 4.90 Å². The molecule has 1 saturated carbocycles. The third-order valence-electron chi connectivity index (χ3n) is 6.02. The van der Waals surface area contributed by atoms with Crippen molar-refractivity contribution in [1.29, 1.82) is 0 Å². The molecule has 2 aliphatic heterocycles. The van der Waals surface area contributed by atoms with Crippen LogP contribution in [0.25, 0.3) is 0 Å². The molecule has 150 valence electrons. The van der Waals surface area contributed by atoms with Gasteiger partial charge in [0.1, 0.15) is 0 Å². The molecule has 1 N–H and O–H groups in total. The van der Waals surface area contributed by atoms with E-state index in [1.54, 1.807) is 0 Å². The number of benzene rings is 1. The van der Waals surface area contributed by atoms with E-state index in [1.165, 1.54) is 4.90 Å². The molecule has 1 aromatic carbocycles. The smallest absolute Gasteiger partial charge is 0.233 e. The maximum Gasteiger partial charge on any atom is 0.233 e. The van der Waals surface area contributed by atoms with E-state index >= 15 is 0 Å². The van der Waals surface area contributed by atoms with Gasteiger partial charge < -0.3 is 15.0 Å². The van der Waals surface area contributed by atoms with Crippen molar-refractivity contribution in [3.05, 3.63) is 24.3 Å². The number of hydrogen-bond donors (Lipinski definition) is 1. The van der Waals surface area contributed by atoms with Crippen LogP contribution in [0.4, 0.5) is 11.4 Å². The Labute approximate surface area is 165 Å². The molecular formula is C21H27N3O4. The number of hydrogen-bond acceptors (Lipinski definition) is 5. The molecule has 0 spiro atoms. The summed E-state index contributed by atoms with van der Waals surface area (Å²) in [4.78, 5) is 40.8. The first-order valence-corrected chi connectivity index (χ1v) is 10.2. The van der Waals surface area contributed by atoms with Crippen molar-refractivity contribution in [2.45, 2.75) is 32.1 Å². The van der Waals surface area contributed by atoms with Gasteiger partial charge in [0, 0.05) is 37.4 Å². The number of fused-ring (bicyclic) bond motifs is 1. The summed E-state index contributed by atoms with van der Waals surface area (Å²) in [5.74, 6) is -0.668. The molecule has 0 unspecified atom stereocenters. The van der Waals surface area contributed by atoms with Gasteiger partial charge in [0.25, 0.3) is 0 Å². The van der Waals surface area contributed by atoms with Gasteiger partial charge in [-0.05, 0) is 37.1 Å². The number of nitrogens with one attached hydrogen (secondary N) is 1. The zero-order valence-electron chi connectivity index (χ0n) is 16.1. The van der Waals surface area contributed by atoms with Crippen LogP contribution >= 0.6 is 0 Å². The van der Waals surface area contributed by atoms with Crippen LogP contribution in [0.2, 0.25) is 0 Å². The number of morpholine rings is 1. The predicted octanol–water partition coefficient (Wildman–Crippen LogP) is 2.03. The number of nitrogens with zero attached hydrogens (tertiary/aromatic N) is 2. The van der Waals surface area contributed by atoms with E-state index in [0.717, 1.165) is 63.4 Å². The summed E-state index contributed by atoms with van der Waals surface area (Å²) in [7, 11) is 0. The molecule has 7 nitrogen and oxygen atoms in total. The summed E-state index contributed by atoms with van der Waals surface area (Å²) in [6, 6.07) is 7.73. The number of carbonyl (C=O) groups is 3. The monoisotopic (exact) mass is 385 g/mol. The molecule has 2 saturated heterocycles. The van der Waals surface area contributed by atoms with Gasteiger partial charge in [0.05, 0.1) is 25.0 Å². The second-order valence-corrected chi connectivity index (χ2v) is 7.77. The first-order chi connectivity index (χ1) is 13.6. The largest absolute Gasteiger partial charge is 0.378 e. The summed E-state index contributed by atoms with van der Waals surface area (Å²) in [6.45, 7) is 3.36. The fraction of sp³-hybridized carbons (Fsp3) is 0.571. The van der Waals surface area contributed by atoms with Crippen molar-refractivity contribution in [3.8, 4) is 0 Å². The van der Waals surface area contributed by atoms with Crippen LogP contribution in [0.1, 0.15) is 32.1 Å². The van der Waals surface area contributed by atoms with Crippen molar-refractivity contribution in [2.24, 2.45) is 11.8 Å². The Kier molecular flexibility index (Phi) is 5.62. The fourth-order valence-corrected chi connectivity index (χ4v) is 4.47. The number of anilines is 2. The lowest BCUT2D eigenvalue weighted by Gasteiger charge is -2.28. The van der Waals surface area contributed by atoms with Gasteiger partial charge >= 0.3 is 0 Å². The minimum atomic E-state index is -0.186. The Morgan fingerprint density at radius 1 is 1.00 bits per heavy atom. The van der Waals surface area contributed by atoms with Gasteiger partial charge in [-0.15, -0.1) is 0 Å². The first kappa shape index (κ1) is 18.9. The molecule has 3 amide bonds. The van der Waals surface area contributed by atoms with E-state index in [0.29, 0.717) is 0 Å². The molecule has 3 fully saturated rings. The van der Waals surface area contributed by atoms with E-state index in [9.17, 15) is 14.4 Å². The SMILES string of the molecule is O=C(CCN1C(=O)[C@H]2CCCC[C@@H]2C1=O)Nc1ccc(N2CCOCC2)cc1. The van der Waals surface area contributed by atoms with Gasteiger partial charge in [-0.3, -0.25) is 19.3 Å². The van der Waals surface area contributed by atoms with Crippen LogP contribution in [-0.2, 0) is 19.1 Å². The third kappa shape index (κ3) is 3.90. The number of amides is 3. The standard InChI is InChI=1S/C21H27N3O4/c25-19(9-10-24-20(26)17-3-1-2-4-18(17)21(24)27)22-15-5-7-16(8-6-15)23-11-13-28-14-12-23/h5-8,17-18H,1-4,9-14H2,(H,22,25)/t17-,18-/m0/s1. The quantitative estimate of drug-likeness (QED) is 0.785. The van der Waals surface area contributed by atoms with Crippen LogP contribution < -0.4 is 10.2 Å². The van der Waals surface area contributed by atoms with Crippen LogP contribution in [0.15, 0.2) is 24.3 Å². The van der Waals surface area contributed by atoms with Crippen LogP contribution in [-0.4, -0.2) is 55.5 Å². The molecule has 1 aliphatic carbocycles. The number of carbonyl (C=O) groups excluding carboxylic acids is 3. The first-order valence-electron chi connectivity index (χ1n) is 10.2. The lowest BCUT2D eigenvalue weighted by molar-refractivity contribution is -0.140. The van der Waals surface area contributed by atoms with Crippen molar-refractivity contribution in [3.63, 3.8) is 0 Å². The van der Waals surface area contributed by atoms with E-state index in [1.807, 2.05) is 24.3 Å². The maximum atomic E-state index is 12.5. The minimum Gasteiger partial charge on any atom is -0.378 e. The summed E-state index contributed by atoms with van der Waals surface area (Å²) in [5.41, 5.74) is 1.83. The second-order valence-electron chi connectivity index (χ2n) is 7.77. The normalized spacial score (nSPS) is 25.0. The molecule has 0 bridgehead atoms. The van der Waals surface area contributed by atoms with E-state index in [4.69, 9.17) is 4.74 Å². The summed E-state index contributed by atoms with van der Waals surface area (Å²) in [5, 5.41) is 2.86. The maximum absolute atomic E-state index is 12.5. The van der Waals surface area contributed by atoms with Gasteiger partial charge in [-0.2, -0.15) is 0 Å². The highest BCUT2D eigenvalue weighted by Crippen LogP contribution is 2.38. The highest BCUT2D eigenvalue weighted by molar-refractivity contribution is 6.05. The molecule has 1 aromatic rings. The molecule has 4 rings (SSSR count). The molecule has 0 aromatic heterocycles. The summed E-state index contributed by atoms with van der Waals surface area (Å²) >= 11 is 0. The van der Waals surface area contributed by atoms with Crippen molar-refractivity contribution in [2.75, 3.05) is 43.1 Å². The van der Waals surface area contributed by atoms with Gasteiger partial charge in [-0.1, -0.05) is 12.8 Å². The van der Waals surface area contributed by atoms with Gasteiger partial charge in [0.2, 0.25) is 17.7 Å². The third-order valence-corrected chi connectivity index (χ3v) is 6.02. The summed E-state index contributed by atoms with van der Waals surface area (Å²) in [6.07, 6.45) is 3.74. The Bertz CT molecular complexity index is 719. The number of likely N-dealkylation sites (tertiary alicyclic amines) is 1. The molecule has 3 aliphatic rings. The fourth-order valence-electron chi connectivity index (χ4n) is 4.47. The molecule has 2 atom stereocenters. The molecule has 2 heterocycles. The number of imide groups is 1. The van der Waals surface area contributed by atoms with Crippen LogP contribution in [0.3, 0.4) is 0 Å². The minimum absolute atomic E-state index is 0.0858. The predicted molar refractivity (Wildman–Crippen MR) is 105 cm³/mol. The van der Waals surface area contributed by atoms with E-state index in [-0.39, 0.29) is 42.5 Å². The topological polar surface area (TPSA) is 79.0 Å². The number of rotatable bonds is 5. The molecule has 28 heavy (non-hydrogen) atoms. The van der Waals surface area contributed by atoms with E-state index < -0.39 is 0 Å². The number of ether oxygens (including phenoxy) is 1. The highest BCUT2D eigenvalue weighted by Gasteiger charge is 2.47. The Hall–Kier alpha value is -2.41. The van der Waals surface area contributed by atoms with Gasteiger partial charge in [0.15, 0.2) is 0 Å². The molecule has 7 heteroatoms. The van der Waals surface area contributed by atoms with E-state index in [2.05, 4.69) is 10.2 Å². The van der Waals surface area contributed by atoms with Crippen LogP contribution in [0, 0.1) is 11.8 Å².